The molecule has 140 valence electrons. The zero-order chi connectivity index (χ0) is 19.1. The molecule has 0 aliphatic carbocycles. The predicted molar refractivity (Wildman–Crippen MR) is 106 cm³/mol. The van der Waals surface area contributed by atoms with Gasteiger partial charge in [-0.05, 0) is 26.0 Å². The van der Waals surface area contributed by atoms with Crippen molar-refractivity contribution in [3.05, 3.63) is 38.6 Å². The Morgan fingerprint density at radius 3 is 2.42 bits per heavy atom. The standard InChI is InChI=1S/C18H21Cl3N4O/c1-10-16(11-3-4-12(19)15(21)14(11)20)24-13(9-26)17(23-10)25-7-5-18(2,22)6-8-25/h3-4,26H,5-9,22H2,1-2H3/p+1. The van der Waals surface area contributed by atoms with Gasteiger partial charge in [-0.25, -0.2) is 9.97 Å². The molecule has 0 unspecified atom stereocenters. The van der Waals surface area contributed by atoms with Crippen molar-refractivity contribution in [1.82, 2.24) is 9.97 Å². The number of anilines is 1. The zero-order valence-corrected chi connectivity index (χ0v) is 17.1. The predicted octanol–water partition coefficient (Wildman–Crippen LogP) is 3.51. The van der Waals surface area contributed by atoms with Crippen molar-refractivity contribution in [2.75, 3.05) is 18.0 Å². The van der Waals surface area contributed by atoms with Crippen molar-refractivity contribution in [3.8, 4) is 11.3 Å². The Morgan fingerprint density at radius 2 is 1.81 bits per heavy atom. The summed E-state index contributed by atoms with van der Waals surface area (Å²) in [5.41, 5.74) is 6.83. The molecule has 0 bridgehead atoms. The number of benzene rings is 1. The number of hydrogen-bond donors (Lipinski definition) is 2. The lowest BCUT2D eigenvalue weighted by Crippen LogP contribution is -2.73. The molecule has 0 radical (unpaired) electrons. The third kappa shape index (κ3) is 3.78. The Kier molecular flexibility index (Phi) is 5.66. The molecule has 1 aliphatic heterocycles. The molecule has 1 aliphatic rings. The Balaban J connectivity index is 2.02. The molecule has 2 heterocycles. The lowest BCUT2D eigenvalue weighted by Gasteiger charge is -2.35. The minimum absolute atomic E-state index is 0.0892. The van der Waals surface area contributed by atoms with E-state index in [1.165, 1.54) is 0 Å². The smallest absolute Gasteiger partial charge is 0.153 e. The number of aliphatic hydroxyl groups is 1. The fraction of sp³-hybridized carbons (Fsp3) is 0.444. The number of aryl methyl sites for hydroxylation is 1. The zero-order valence-electron chi connectivity index (χ0n) is 14.8. The normalized spacial score (nSPS) is 16.8. The molecule has 8 heteroatoms. The number of aromatic nitrogens is 2. The molecular weight excluding hydrogens is 395 g/mol. The Hall–Kier alpha value is -1.11. The van der Waals surface area contributed by atoms with Crippen LogP contribution in [0.3, 0.4) is 0 Å². The topological polar surface area (TPSA) is 76.9 Å². The first-order valence-corrected chi connectivity index (χ1v) is 9.59. The van der Waals surface area contributed by atoms with Gasteiger partial charge in [0.05, 0.1) is 38.6 Å². The Morgan fingerprint density at radius 1 is 1.15 bits per heavy atom. The number of hydrogen-bond acceptors (Lipinski definition) is 4. The maximum Gasteiger partial charge on any atom is 0.153 e. The van der Waals surface area contributed by atoms with Crippen LogP contribution in [0.2, 0.25) is 15.1 Å². The monoisotopic (exact) mass is 415 g/mol. The number of halogens is 3. The molecule has 26 heavy (non-hydrogen) atoms. The van der Waals surface area contributed by atoms with Gasteiger partial charge in [-0.3, -0.25) is 0 Å². The van der Waals surface area contributed by atoms with Crippen molar-refractivity contribution in [2.24, 2.45) is 0 Å². The first-order chi connectivity index (χ1) is 12.2. The Labute approximate surface area is 168 Å². The van der Waals surface area contributed by atoms with Crippen LogP contribution in [0.5, 0.6) is 0 Å². The van der Waals surface area contributed by atoms with E-state index >= 15 is 0 Å². The van der Waals surface area contributed by atoms with Gasteiger partial charge in [0.25, 0.3) is 0 Å². The van der Waals surface area contributed by atoms with E-state index in [-0.39, 0.29) is 17.2 Å². The quantitative estimate of drug-likeness (QED) is 0.751. The van der Waals surface area contributed by atoms with Crippen LogP contribution >= 0.6 is 34.8 Å². The summed E-state index contributed by atoms with van der Waals surface area (Å²) in [5.74, 6) is 0.723. The number of rotatable bonds is 3. The fourth-order valence-electron chi connectivity index (χ4n) is 3.12. The van der Waals surface area contributed by atoms with Gasteiger partial charge in [0.1, 0.15) is 5.69 Å². The lowest BCUT2D eigenvalue weighted by molar-refractivity contribution is -0.475. The van der Waals surface area contributed by atoms with E-state index in [2.05, 4.69) is 22.5 Å². The van der Waals surface area contributed by atoms with Crippen molar-refractivity contribution in [3.63, 3.8) is 0 Å². The molecule has 0 amide bonds. The third-order valence-corrected chi connectivity index (χ3v) is 6.12. The molecular formula is C18H22Cl3N4O+. The van der Waals surface area contributed by atoms with Crippen LogP contribution < -0.4 is 10.6 Å². The van der Waals surface area contributed by atoms with Gasteiger partial charge in [0.2, 0.25) is 0 Å². The second-order valence-electron chi connectivity index (χ2n) is 7.11. The van der Waals surface area contributed by atoms with Crippen LogP contribution in [-0.4, -0.2) is 33.7 Å². The van der Waals surface area contributed by atoms with Gasteiger partial charge in [-0.2, -0.15) is 0 Å². The SMILES string of the molecule is Cc1nc(N2CCC(C)([NH3+])CC2)c(CO)nc1-c1ccc(Cl)c(Cl)c1Cl. The summed E-state index contributed by atoms with van der Waals surface area (Å²) < 4.78 is 0. The maximum atomic E-state index is 9.86. The van der Waals surface area contributed by atoms with Crippen molar-refractivity contribution < 1.29 is 10.8 Å². The molecule has 0 atom stereocenters. The summed E-state index contributed by atoms with van der Waals surface area (Å²) in [6, 6.07) is 3.45. The average molecular weight is 417 g/mol. The lowest BCUT2D eigenvalue weighted by atomic mass is 9.91. The van der Waals surface area contributed by atoms with E-state index in [0.717, 1.165) is 37.4 Å². The molecule has 1 fully saturated rings. The van der Waals surface area contributed by atoms with Gasteiger partial charge in [-0.15, -0.1) is 0 Å². The molecule has 2 aromatic rings. The third-order valence-electron chi connectivity index (χ3n) is 4.83. The summed E-state index contributed by atoms with van der Waals surface area (Å²) in [4.78, 5) is 11.5. The molecule has 1 aromatic carbocycles. The minimum Gasteiger partial charge on any atom is -0.390 e. The number of nitrogens with zero attached hydrogens (tertiary/aromatic N) is 3. The van der Waals surface area contributed by atoms with Crippen LogP contribution in [0.4, 0.5) is 5.82 Å². The van der Waals surface area contributed by atoms with E-state index in [1.54, 1.807) is 12.1 Å². The van der Waals surface area contributed by atoms with Crippen LogP contribution in [0.15, 0.2) is 12.1 Å². The van der Waals surface area contributed by atoms with Crippen molar-refractivity contribution >= 4 is 40.6 Å². The highest BCUT2D eigenvalue weighted by atomic mass is 35.5. The van der Waals surface area contributed by atoms with E-state index in [4.69, 9.17) is 39.8 Å². The van der Waals surface area contributed by atoms with Gasteiger partial charge in [0, 0.05) is 31.5 Å². The number of quaternary nitrogens is 1. The van der Waals surface area contributed by atoms with E-state index < -0.39 is 0 Å². The Bertz CT molecular complexity index is 832. The van der Waals surface area contributed by atoms with E-state index in [0.29, 0.717) is 27.0 Å². The second kappa shape index (κ2) is 7.49. The highest BCUT2D eigenvalue weighted by molar-refractivity contribution is 6.49. The summed E-state index contributed by atoms with van der Waals surface area (Å²) in [6.07, 6.45) is 1.94. The van der Waals surface area contributed by atoms with Crippen molar-refractivity contribution in [2.45, 2.75) is 38.8 Å². The summed E-state index contributed by atoms with van der Waals surface area (Å²) in [5, 5.41) is 10.9. The number of piperidine rings is 1. The molecule has 0 saturated carbocycles. The first kappa shape index (κ1) is 19.6. The van der Waals surface area contributed by atoms with Crippen molar-refractivity contribution in [1.29, 1.82) is 0 Å². The average Bonchev–Trinajstić information content (AvgIpc) is 2.60. The van der Waals surface area contributed by atoms with Gasteiger partial charge in [-0.1, -0.05) is 34.8 Å². The first-order valence-electron chi connectivity index (χ1n) is 8.46. The summed E-state index contributed by atoms with van der Waals surface area (Å²) >= 11 is 18.5. The molecule has 1 aromatic heterocycles. The molecule has 1 saturated heterocycles. The van der Waals surface area contributed by atoms with Gasteiger partial charge in [0.15, 0.2) is 5.82 Å². The van der Waals surface area contributed by atoms with E-state index in [9.17, 15) is 5.11 Å². The highest BCUT2D eigenvalue weighted by Gasteiger charge is 2.31. The van der Waals surface area contributed by atoms with Crippen LogP contribution in [0, 0.1) is 6.92 Å². The minimum atomic E-state index is -0.202. The molecule has 0 spiro atoms. The fourth-order valence-corrected chi connectivity index (χ4v) is 3.75. The van der Waals surface area contributed by atoms with Gasteiger partial charge >= 0.3 is 0 Å². The van der Waals surface area contributed by atoms with Crippen LogP contribution in [0.1, 0.15) is 31.2 Å². The van der Waals surface area contributed by atoms with Crippen LogP contribution in [0.25, 0.3) is 11.3 Å². The summed E-state index contributed by atoms with van der Waals surface area (Å²) in [6.45, 7) is 5.53. The highest BCUT2D eigenvalue weighted by Crippen LogP contribution is 2.39. The number of aliphatic hydroxyl groups excluding tert-OH is 1. The second-order valence-corrected chi connectivity index (χ2v) is 8.27. The molecule has 4 N–H and O–H groups in total. The molecule has 3 rings (SSSR count). The summed E-state index contributed by atoms with van der Waals surface area (Å²) in [7, 11) is 0. The maximum absolute atomic E-state index is 9.86. The van der Waals surface area contributed by atoms with Crippen LogP contribution in [-0.2, 0) is 6.61 Å². The van der Waals surface area contributed by atoms with Gasteiger partial charge < -0.3 is 15.7 Å². The molecule has 5 nitrogen and oxygen atoms in total. The largest absolute Gasteiger partial charge is 0.390 e. The van der Waals surface area contributed by atoms with E-state index in [1.807, 2.05) is 6.92 Å².